The maximum atomic E-state index is 12.6. The molecule has 0 amide bonds. The number of hydrogen-bond acceptors (Lipinski definition) is 6. The maximum absolute atomic E-state index is 12.6. The molecule has 26 heavy (non-hydrogen) atoms. The Bertz CT molecular complexity index is 989. The van der Waals surface area contributed by atoms with Gasteiger partial charge in [0.25, 0.3) is 0 Å². The number of ether oxygens (including phenoxy) is 2. The quantitative estimate of drug-likeness (QED) is 0.674. The summed E-state index contributed by atoms with van der Waals surface area (Å²) in [4.78, 5) is 12.6. The Kier molecular flexibility index (Phi) is 4.75. The van der Waals surface area contributed by atoms with Crippen molar-refractivity contribution in [1.82, 2.24) is 0 Å². The molecule has 0 radical (unpaired) electrons. The highest BCUT2D eigenvalue weighted by Crippen LogP contribution is 2.49. The normalized spacial score (nSPS) is 11.1. The van der Waals surface area contributed by atoms with Gasteiger partial charge < -0.3 is 24.1 Å². The predicted octanol–water partition coefficient (Wildman–Crippen LogP) is 3.91. The van der Waals surface area contributed by atoms with Gasteiger partial charge in [-0.2, -0.15) is 0 Å². The molecule has 3 aromatic rings. The fourth-order valence-corrected chi connectivity index (χ4v) is 2.63. The molecule has 0 bridgehead atoms. The third kappa shape index (κ3) is 3.06. The summed E-state index contributed by atoms with van der Waals surface area (Å²) in [5.41, 5.74) is 0.227. The molecule has 0 spiro atoms. The molecule has 2 N–H and O–H groups in total. The SMILES string of the molecule is COc1c(OCC(C)C)c(O)c(O)c2c(=O)cc(-c3ccccc3)oc12. The molecule has 2 aromatic carbocycles. The molecular weight excluding hydrogens is 336 g/mol. The van der Waals surface area contributed by atoms with Crippen molar-refractivity contribution in [2.75, 3.05) is 13.7 Å². The molecule has 3 rings (SSSR count). The van der Waals surface area contributed by atoms with Gasteiger partial charge >= 0.3 is 0 Å². The van der Waals surface area contributed by atoms with Gasteiger partial charge in [-0.05, 0) is 5.92 Å². The number of methoxy groups -OCH3 is 1. The zero-order valence-electron chi connectivity index (χ0n) is 14.8. The molecule has 0 fully saturated rings. The fourth-order valence-electron chi connectivity index (χ4n) is 2.63. The summed E-state index contributed by atoms with van der Waals surface area (Å²) in [6, 6.07) is 10.4. The van der Waals surface area contributed by atoms with Gasteiger partial charge in [-0.1, -0.05) is 44.2 Å². The van der Waals surface area contributed by atoms with Gasteiger partial charge in [0.05, 0.1) is 13.7 Å². The fraction of sp³-hybridized carbons (Fsp3) is 0.250. The third-order valence-corrected chi connectivity index (χ3v) is 3.86. The van der Waals surface area contributed by atoms with Crippen molar-refractivity contribution in [2.45, 2.75) is 13.8 Å². The van der Waals surface area contributed by atoms with Crippen LogP contribution in [0.1, 0.15) is 13.8 Å². The lowest BCUT2D eigenvalue weighted by Gasteiger charge is -2.16. The van der Waals surface area contributed by atoms with Crippen LogP contribution in [0.5, 0.6) is 23.0 Å². The van der Waals surface area contributed by atoms with Crippen LogP contribution in [-0.4, -0.2) is 23.9 Å². The Morgan fingerprint density at radius 2 is 1.77 bits per heavy atom. The minimum absolute atomic E-state index is 0.0212. The number of phenols is 2. The van der Waals surface area contributed by atoms with E-state index in [4.69, 9.17) is 13.9 Å². The van der Waals surface area contributed by atoms with E-state index in [1.165, 1.54) is 13.2 Å². The van der Waals surface area contributed by atoms with Gasteiger partial charge in [0.1, 0.15) is 11.1 Å². The van der Waals surface area contributed by atoms with Crippen LogP contribution in [-0.2, 0) is 0 Å². The lowest BCUT2D eigenvalue weighted by Crippen LogP contribution is -2.08. The summed E-state index contributed by atoms with van der Waals surface area (Å²) in [6.45, 7) is 4.17. The Morgan fingerprint density at radius 3 is 2.38 bits per heavy atom. The monoisotopic (exact) mass is 356 g/mol. The van der Waals surface area contributed by atoms with E-state index in [1.54, 1.807) is 12.1 Å². The van der Waals surface area contributed by atoms with Gasteiger partial charge in [-0.15, -0.1) is 0 Å². The molecule has 0 aliphatic carbocycles. The van der Waals surface area contributed by atoms with Crippen LogP contribution < -0.4 is 14.9 Å². The number of fused-ring (bicyclic) bond motifs is 1. The summed E-state index contributed by atoms with van der Waals surface area (Å²) < 4.78 is 16.8. The van der Waals surface area contributed by atoms with E-state index in [9.17, 15) is 15.0 Å². The van der Waals surface area contributed by atoms with E-state index in [0.29, 0.717) is 11.3 Å². The summed E-state index contributed by atoms with van der Waals surface area (Å²) in [7, 11) is 1.38. The van der Waals surface area contributed by atoms with Crippen molar-refractivity contribution < 1.29 is 24.1 Å². The molecule has 0 saturated carbocycles. The molecule has 0 unspecified atom stereocenters. The number of phenolic OH excluding ortho intramolecular Hbond substituents is 2. The van der Waals surface area contributed by atoms with Crippen molar-refractivity contribution in [2.24, 2.45) is 5.92 Å². The first kappa shape index (κ1) is 17.7. The predicted molar refractivity (Wildman–Crippen MR) is 98.1 cm³/mol. The van der Waals surface area contributed by atoms with Crippen LogP contribution in [0, 0.1) is 5.92 Å². The largest absolute Gasteiger partial charge is 0.504 e. The summed E-state index contributed by atoms with van der Waals surface area (Å²) >= 11 is 0. The number of aromatic hydroxyl groups is 2. The van der Waals surface area contributed by atoms with Gasteiger partial charge in [-0.25, -0.2) is 0 Å². The Morgan fingerprint density at radius 1 is 1.08 bits per heavy atom. The smallest absolute Gasteiger partial charge is 0.211 e. The van der Waals surface area contributed by atoms with E-state index in [2.05, 4.69) is 0 Å². The average Bonchev–Trinajstić information content (AvgIpc) is 2.63. The Balaban J connectivity index is 2.31. The van der Waals surface area contributed by atoms with Crippen molar-refractivity contribution in [3.8, 4) is 34.3 Å². The highest BCUT2D eigenvalue weighted by atomic mass is 16.5. The standard InChI is InChI=1S/C20H20O6/c1-11(2)10-25-19-17(23)16(22)15-13(21)9-14(12-7-5-4-6-8-12)26-18(15)20(19)24-3/h4-9,11,22-23H,10H2,1-3H3. The maximum Gasteiger partial charge on any atom is 0.211 e. The topological polar surface area (TPSA) is 89.1 Å². The highest BCUT2D eigenvalue weighted by molar-refractivity contribution is 5.95. The molecule has 0 aliphatic heterocycles. The van der Waals surface area contributed by atoms with Gasteiger partial charge in [0.15, 0.2) is 16.8 Å². The average molecular weight is 356 g/mol. The Labute approximate surface area is 150 Å². The van der Waals surface area contributed by atoms with Crippen LogP contribution >= 0.6 is 0 Å². The first-order valence-corrected chi connectivity index (χ1v) is 8.22. The van der Waals surface area contributed by atoms with E-state index in [-0.39, 0.29) is 35.0 Å². The zero-order valence-corrected chi connectivity index (χ0v) is 14.8. The van der Waals surface area contributed by atoms with Gasteiger partial charge in [0.2, 0.25) is 17.2 Å². The molecule has 0 saturated heterocycles. The van der Waals surface area contributed by atoms with E-state index >= 15 is 0 Å². The molecule has 136 valence electrons. The minimum Gasteiger partial charge on any atom is -0.504 e. The number of hydrogen-bond donors (Lipinski definition) is 2. The second-order valence-electron chi connectivity index (χ2n) is 6.31. The van der Waals surface area contributed by atoms with E-state index in [1.807, 2.05) is 32.0 Å². The number of benzene rings is 2. The number of rotatable bonds is 5. The van der Waals surface area contributed by atoms with Crippen molar-refractivity contribution in [1.29, 1.82) is 0 Å². The highest BCUT2D eigenvalue weighted by Gasteiger charge is 2.26. The minimum atomic E-state index is -0.590. The second-order valence-corrected chi connectivity index (χ2v) is 6.31. The molecular formula is C20H20O6. The lowest BCUT2D eigenvalue weighted by molar-refractivity contribution is 0.242. The Hall–Kier alpha value is -3.15. The molecule has 0 aliphatic rings. The summed E-state index contributed by atoms with van der Waals surface area (Å²) in [6.07, 6.45) is 0. The van der Waals surface area contributed by atoms with Crippen molar-refractivity contribution in [3.05, 3.63) is 46.6 Å². The van der Waals surface area contributed by atoms with Crippen LogP contribution in [0.2, 0.25) is 0 Å². The summed E-state index contributed by atoms with van der Waals surface area (Å²) in [5.74, 6) is -0.631. The van der Waals surface area contributed by atoms with Crippen LogP contribution in [0.4, 0.5) is 0 Å². The van der Waals surface area contributed by atoms with Gasteiger partial charge in [-0.3, -0.25) is 4.79 Å². The summed E-state index contributed by atoms with van der Waals surface area (Å²) in [5, 5.41) is 20.5. The first-order chi connectivity index (χ1) is 12.4. The molecule has 0 atom stereocenters. The molecule has 1 heterocycles. The molecule has 6 nitrogen and oxygen atoms in total. The van der Waals surface area contributed by atoms with Gasteiger partial charge in [0, 0.05) is 11.6 Å². The zero-order chi connectivity index (χ0) is 18.8. The van der Waals surface area contributed by atoms with Crippen molar-refractivity contribution in [3.63, 3.8) is 0 Å². The van der Waals surface area contributed by atoms with Crippen LogP contribution in [0.25, 0.3) is 22.3 Å². The lowest BCUT2D eigenvalue weighted by atomic mass is 10.1. The van der Waals surface area contributed by atoms with Crippen LogP contribution in [0.3, 0.4) is 0 Å². The van der Waals surface area contributed by atoms with E-state index in [0.717, 1.165) is 0 Å². The van der Waals surface area contributed by atoms with Crippen molar-refractivity contribution >= 4 is 11.0 Å². The third-order valence-electron chi connectivity index (χ3n) is 3.86. The first-order valence-electron chi connectivity index (χ1n) is 8.22. The molecule has 1 aromatic heterocycles. The van der Waals surface area contributed by atoms with E-state index < -0.39 is 16.9 Å². The molecule has 6 heteroatoms. The second kappa shape index (κ2) is 7.00. The van der Waals surface area contributed by atoms with Crippen LogP contribution in [0.15, 0.2) is 45.6 Å².